The lowest BCUT2D eigenvalue weighted by molar-refractivity contribution is -0.249. The van der Waals surface area contributed by atoms with Crippen LogP contribution in [0.1, 0.15) is 105 Å². The van der Waals surface area contributed by atoms with E-state index in [9.17, 15) is 24.9 Å². The average Bonchev–Trinajstić information content (AvgIpc) is 2.92. The normalized spacial score (nSPS) is 38.5. The molecule has 0 aromatic carbocycles. The van der Waals surface area contributed by atoms with E-state index in [0.29, 0.717) is 36.5 Å². The Hall–Kier alpha value is -1.82. The minimum Gasteiger partial charge on any atom is -0.456 e. The van der Waals surface area contributed by atoms with Crippen LogP contribution in [0, 0.1) is 23.7 Å². The van der Waals surface area contributed by atoms with E-state index in [1.54, 1.807) is 12.2 Å². The second kappa shape index (κ2) is 14.0. The van der Waals surface area contributed by atoms with E-state index in [1.807, 2.05) is 27.7 Å². The summed E-state index contributed by atoms with van der Waals surface area (Å²) in [4.78, 5) is 24.3. The number of carbonyl (C=O) groups is 2. The van der Waals surface area contributed by atoms with E-state index in [2.05, 4.69) is 0 Å². The van der Waals surface area contributed by atoms with Crippen molar-refractivity contribution in [3.05, 3.63) is 23.3 Å². The third-order valence-electron chi connectivity index (χ3n) is 11.0. The summed E-state index contributed by atoms with van der Waals surface area (Å²) in [5, 5.41) is 37.3. The first kappa shape index (κ1) is 35.5. The maximum atomic E-state index is 12.2. The Labute approximate surface area is 273 Å². The summed E-state index contributed by atoms with van der Waals surface area (Å²) in [6.07, 6.45) is 13.0. The van der Waals surface area contributed by atoms with Crippen molar-refractivity contribution in [1.29, 1.82) is 0 Å². The summed E-state index contributed by atoms with van der Waals surface area (Å²) in [6.45, 7) is 7.05. The maximum Gasteiger partial charge on any atom is 0.331 e. The molecule has 0 aromatic rings. The van der Waals surface area contributed by atoms with Gasteiger partial charge in [-0.1, -0.05) is 11.1 Å². The Morgan fingerprint density at radius 3 is 1.43 bits per heavy atom. The summed E-state index contributed by atoms with van der Waals surface area (Å²) >= 11 is 0. The molecule has 5 atom stereocenters. The fourth-order valence-electron chi connectivity index (χ4n) is 10.5. The highest BCUT2D eigenvalue weighted by molar-refractivity contribution is 5.83. The Balaban J connectivity index is 0.000000181. The van der Waals surface area contributed by atoms with Gasteiger partial charge in [0.1, 0.15) is 23.4 Å². The van der Waals surface area contributed by atoms with Crippen LogP contribution in [0.15, 0.2) is 23.3 Å². The summed E-state index contributed by atoms with van der Waals surface area (Å²) < 4.78 is 24.0. The predicted molar refractivity (Wildman–Crippen MR) is 169 cm³/mol. The van der Waals surface area contributed by atoms with Gasteiger partial charge in [0.2, 0.25) is 0 Å². The van der Waals surface area contributed by atoms with Gasteiger partial charge in [0, 0.05) is 25.0 Å². The van der Waals surface area contributed by atoms with Crippen molar-refractivity contribution in [3.63, 3.8) is 0 Å². The van der Waals surface area contributed by atoms with Crippen molar-refractivity contribution >= 4 is 11.9 Å². The fourth-order valence-corrected chi connectivity index (χ4v) is 10.5. The van der Waals surface area contributed by atoms with Gasteiger partial charge >= 0.3 is 11.9 Å². The lowest BCUT2D eigenvalue weighted by Crippen LogP contribution is -2.62. The second-order valence-electron chi connectivity index (χ2n) is 16.2. The van der Waals surface area contributed by atoms with Crippen LogP contribution in [0.5, 0.6) is 0 Å². The topological polar surface area (TPSA) is 152 Å². The lowest BCUT2D eigenvalue weighted by Gasteiger charge is -2.61. The molecule has 8 aliphatic carbocycles. The van der Waals surface area contributed by atoms with Gasteiger partial charge in [-0.25, -0.2) is 9.59 Å². The summed E-state index contributed by atoms with van der Waals surface area (Å²) in [5.41, 5.74) is 0.389. The molecule has 0 spiro atoms. The highest BCUT2D eigenvalue weighted by Gasteiger charge is 2.62. The molecule has 260 valence electrons. The number of aliphatic hydroxyl groups excluding tert-OH is 4. The Morgan fingerprint density at radius 1 is 0.652 bits per heavy atom. The van der Waals surface area contributed by atoms with E-state index < -0.39 is 23.4 Å². The first-order chi connectivity index (χ1) is 21.7. The zero-order valence-corrected chi connectivity index (χ0v) is 28.2. The van der Waals surface area contributed by atoms with E-state index in [-0.39, 0.29) is 49.6 Å². The molecule has 10 nitrogen and oxygen atoms in total. The van der Waals surface area contributed by atoms with Crippen LogP contribution in [-0.4, -0.2) is 93.4 Å². The van der Waals surface area contributed by atoms with E-state index in [0.717, 1.165) is 62.5 Å². The highest BCUT2D eigenvalue weighted by atomic mass is 16.6. The number of aliphatic hydroxyl groups is 4. The SMILES string of the molecule is CC(C)=CC(=O)OC12CC3CC(C1)CC(OC(CO)CO)(C3)C2.CC(C)=CC(=O)OC12CC3CC(CC(OCC(O)CO)(C3)C1)C2. The van der Waals surface area contributed by atoms with Crippen LogP contribution in [-0.2, 0) is 28.5 Å². The molecule has 5 unspecified atom stereocenters. The Kier molecular flexibility index (Phi) is 10.8. The number of hydrogen-bond acceptors (Lipinski definition) is 10. The molecule has 8 fully saturated rings. The van der Waals surface area contributed by atoms with E-state index in [4.69, 9.17) is 24.1 Å². The monoisotopic (exact) mass is 648 g/mol. The van der Waals surface area contributed by atoms with Crippen LogP contribution >= 0.6 is 0 Å². The number of esters is 2. The smallest absolute Gasteiger partial charge is 0.331 e. The van der Waals surface area contributed by atoms with E-state index >= 15 is 0 Å². The van der Waals surface area contributed by atoms with Gasteiger partial charge in [-0.3, -0.25) is 0 Å². The van der Waals surface area contributed by atoms with Crippen molar-refractivity contribution in [2.45, 2.75) is 139 Å². The first-order valence-electron chi connectivity index (χ1n) is 17.3. The quantitative estimate of drug-likeness (QED) is 0.181. The number of rotatable bonds is 12. The minimum atomic E-state index is -0.841. The van der Waals surface area contributed by atoms with Crippen molar-refractivity contribution in [2.75, 3.05) is 26.4 Å². The summed E-state index contributed by atoms with van der Waals surface area (Å²) in [7, 11) is 0. The Morgan fingerprint density at radius 2 is 1.04 bits per heavy atom. The third-order valence-corrected chi connectivity index (χ3v) is 11.0. The highest BCUT2D eigenvalue weighted by Crippen LogP contribution is 2.61. The number of ether oxygens (including phenoxy) is 4. The zero-order valence-electron chi connectivity index (χ0n) is 28.2. The molecule has 8 rings (SSSR count). The minimum absolute atomic E-state index is 0.147. The molecule has 0 aliphatic heterocycles. The van der Waals surface area contributed by atoms with Gasteiger partial charge in [-0.05, 0) is 116 Å². The van der Waals surface area contributed by atoms with Crippen LogP contribution in [0.2, 0.25) is 0 Å². The van der Waals surface area contributed by atoms with Gasteiger partial charge < -0.3 is 39.4 Å². The molecule has 4 N–H and O–H groups in total. The molecule has 8 bridgehead atoms. The largest absolute Gasteiger partial charge is 0.456 e. The number of hydrogen-bond donors (Lipinski definition) is 4. The molecule has 0 aromatic heterocycles. The molecule has 46 heavy (non-hydrogen) atoms. The fraction of sp³-hybridized carbons (Fsp3) is 0.833. The number of allylic oxidation sites excluding steroid dienone is 2. The van der Waals surface area contributed by atoms with Gasteiger partial charge in [-0.2, -0.15) is 0 Å². The van der Waals surface area contributed by atoms with Crippen LogP contribution in [0.25, 0.3) is 0 Å². The van der Waals surface area contributed by atoms with Crippen LogP contribution in [0.4, 0.5) is 0 Å². The average molecular weight is 649 g/mol. The van der Waals surface area contributed by atoms with Crippen molar-refractivity contribution in [3.8, 4) is 0 Å². The molecule has 8 aliphatic rings. The predicted octanol–water partition coefficient (Wildman–Crippen LogP) is 3.91. The standard InChI is InChI=1S/2C18H28O5/c1-12(2)3-16(21)23-18-7-13-4-14(8-18)6-17(5-13,11-18)22-10-15(20)9-19;1-12(2)3-16(21)23-18-7-13-4-14(8-18)6-17(5-13,11-18)22-15(9-19)10-20/h2*3,13-15,19-20H,4-11H2,1-2H3. The first-order valence-corrected chi connectivity index (χ1v) is 17.3. The van der Waals surface area contributed by atoms with Crippen LogP contribution in [0.3, 0.4) is 0 Å². The molecule has 0 radical (unpaired) electrons. The molecular weight excluding hydrogens is 592 g/mol. The molecule has 0 heterocycles. The van der Waals surface area contributed by atoms with Gasteiger partial charge in [0.15, 0.2) is 0 Å². The molecule has 10 heteroatoms. The second-order valence-corrected chi connectivity index (χ2v) is 16.2. The lowest BCUT2D eigenvalue weighted by atomic mass is 9.52. The summed E-state index contributed by atoms with van der Waals surface area (Å²) in [6, 6.07) is 0. The molecular formula is C36H56O10. The Bertz CT molecular complexity index is 1140. The number of carbonyl (C=O) groups excluding carboxylic acids is 2. The zero-order chi connectivity index (χ0) is 33.3. The van der Waals surface area contributed by atoms with Gasteiger partial charge in [-0.15, -0.1) is 0 Å². The van der Waals surface area contributed by atoms with Crippen molar-refractivity contribution in [2.24, 2.45) is 23.7 Å². The van der Waals surface area contributed by atoms with E-state index in [1.165, 1.54) is 12.8 Å². The third kappa shape index (κ3) is 8.24. The van der Waals surface area contributed by atoms with Crippen molar-refractivity contribution in [1.82, 2.24) is 0 Å². The van der Waals surface area contributed by atoms with Crippen molar-refractivity contribution < 1.29 is 49.0 Å². The summed E-state index contributed by atoms with van der Waals surface area (Å²) in [5.74, 6) is 1.56. The maximum absolute atomic E-state index is 12.2. The van der Waals surface area contributed by atoms with Gasteiger partial charge in [0.25, 0.3) is 0 Å². The molecule has 8 saturated carbocycles. The van der Waals surface area contributed by atoms with Gasteiger partial charge in [0.05, 0.1) is 37.6 Å². The molecule has 0 amide bonds. The van der Waals surface area contributed by atoms with Crippen LogP contribution < -0.4 is 0 Å². The molecule has 0 saturated heterocycles.